The van der Waals surface area contributed by atoms with E-state index in [2.05, 4.69) is 45.3 Å². The molecule has 2 saturated carbocycles. The van der Waals surface area contributed by atoms with Crippen LogP contribution >= 0.6 is 0 Å². The van der Waals surface area contributed by atoms with Crippen LogP contribution in [0.3, 0.4) is 0 Å². The van der Waals surface area contributed by atoms with Crippen molar-refractivity contribution in [3.05, 3.63) is 52.7 Å². The fraction of sp³-hybridized carbons (Fsp3) is 0.400. The number of carbonyl (C=O) groups excluding carboxylic acids is 2. The molecular formula is C25H27N7O2. The molecule has 3 aromatic rings. The van der Waals surface area contributed by atoms with Gasteiger partial charge in [0.1, 0.15) is 0 Å². The van der Waals surface area contributed by atoms with Crippen molar-refractivity contribution in [2.45, 2.75) is 63.5 Å². The van der Waals surface area contributed by atoms with Crippen molar-refractivity contribution in [1.29, 1.82) is 0 Å². The van der Waals surface area contributed by atoms with E-state index >= 15 is 0 Å². The Morgan fingerprint density at radius 1 is 1.09 bits per heavy atom. The van der Waals surface area contributed by atoms with Crippen LogP contribution in [0, 0.1) is 0 Å². The van der Waals surface area contributed by atoms with Crippen LogP contribution in [0.2, 0.25) is 0 Å². The van der Waals surface area contributed by atoms with Crippen LogP contribution in [-0.4, -0.2) is 37.4 Å². The number of anilines is 2. The number of hydrogen-bond acceptors (Lipinski definition) is 7. The molecule has 9 heteroatoms. The third-order valence-electron chi connectivity index (χ3n) is 6.82. The van der Waals surface area contributed by atoms with Gasteiger partial charge in [-0.1, -0.05) is 37.1 Å². The molecule has 34 heavy (non-hydrogen) atoms. The average Bonchev–Trinajstić information content (AvgIpc) is 3.20. The van der Waals surface area contributed by atoms with Gasteiger partial charge >= 0.3 is 0 Å². The molecule has 0 spiro atoms. The van der Waals surface area contributed by atoms with E-state index in [9.17, 15) is 9.59 Å². The number of nitrogens with one attached hydrogen (secondary N) is 3. The number of nitrogens with zero attached hydrogens (tertiary/aromatic N) is 4. The highest BCUT2D eigenvalue weighted by atomic mass is 16.2. The number of aromatic nitrogens is 4. The topological polar surface area (TPSA) is 113 Å². The number of imide groups is 1. The first-order chi connectivity index (χ1) is 16.6. The zero-order valence-electron chi connectivity index (χ0n) is 18.9. The van der Waals surface area contributed by atoms with Gasteiger partial charge in [-0.2, -0.15) is 19.6 Å². The molecule has 0 radical (unpaired) electrons. The van der Waals surface area contributed by atoms with Crippen LogP contribution in [0.5, 0.6) is 0 Å². The minimum Gasteiger partial charge on any atom is -0.351 e. The third kappa shape index (κ3) is 4.13. The number of hydrogen-bond donors (Lipinski definition) is 3. The van der Waals surface area contributed by atoms with Crippen LogP contribution in [0.15, 0.2) is 36.0 Å². The molecule has 3 fully saturated rings. The maximum atomic E-state index is 12.0. The second-order valence-electron chi connectivity index (χ2n) is 9.38. The highest BCUT2D eigenvalue weighted by Gasteiger charge is 2.26. The summed E-state index contributed by atoms with van der Waals surface area (Å²) >= 11 is 0. The Morgan fingerprint density at radius 2 is 1.91 bits per heavy atom. The van der Waals surface area contributed by atoms with Gasteiger partial charge in [0.05, 0.1) is 12.6 Å². The third-order valence-corrected chi connectivity index (χ3v) is 6.82. The van der Waals surface area contributed by atoms with E-state index in [1.54, 1.807) is 16.8 Å². The Labute approximate surface area is 197 Å². The molecule has 0 bridgehead atoms. The zero-order valence-corrected chi connectivity index (χ0v) is 18.9. The lowest BCUT2D eigenvalue weighted by atomic mass is 9.93. The predicted molar refractivity (Wildman–Crippen MR) is 128 cm³/mol. The molecule has 6 rings (SSSR count). The molecule has 9 nitrogen and oxygen atoms in total. The van der Waals surface area contributed by atoms with Gasteiger partial charge in [0.2, 0.25) is 17.8 Å². The number of fused-ring (bicyclic) bond motifs is 1. The summed E-state index contributed by atoms with van der Waals surface area (Å²) in [5.41, 5.74) is 4.36. The van der Waals surface area contributed by atoms with Crippen molar-refractivity contribution in [3.63, 3.8) is 0 Å². The molecule has 2 aromatic heterocycles. The van der Waals surface area contributed by atoms with Crippen molar-refractivity contribution < 1.29 is 9.59 Å². The Balaban J connectivity index is 1.32. The zero-order chi connectivity index (χ0) is 23.1. The maximum absolute atomic E-state index is 12.0. The van der Waals surface area contributed by atoms with E-state index in [0.717, 1.165) is 12.8 Å². The first kappa shape index (κ1) is 20.8. The van der Waals surface area contributed by atoms with Gasteiger partial charge in [-0.25, -0.2) is 0 Å². The standard InChI is InChI=1S/C25H27N7O2/c33-21-12-17(23(34)29-21)11-18-14-27-32-22(18)30-24(31-25(32)28-19-9-10-19)26-13-16-7-3-4-8-20(16)15-5-1-2-6-15/h3-4,7-8,11,14-15,19H,1-2,5-6,9-10,12-13H2,(H,29,33,34)(H2,26,28,30,31)/b17-11+. The molecule has 2 aliphatic carbocycles. The van der Waals surface area contributed by atoms with E-state index < -0.39 is 0 Å². The second-order valence-corrected chi connectivity index (χ2v) is 9.38. The fourth-order valence-corrected chi connectivity index (χ4v) is 4.89. The lowest BCUT2D eigenvalue weighted by Crippen LogP contribution is -2.19. The van der Waals surface area contributed by atoms with Crippen molar-refractivity contribution >= 4 is 35.4 Å². The molecule has 1 aromatic carbocycles. The number of benzene rings is 1. The first-order valence-electron chi connectivity index (χ1n) is 12.0. The van der Waals surface area contributed by atoms with Crippen LogP contribution in [0.25, 0.3) is 11.7 Å². The van der Waals surface area contributed by atoms with Gasteiger partial charge in [-0.05, 0) is 48.8 Å². The Kier molecular flexibility index (Phi) is 5.24. The highest BCUT2D eigenvalue weighted by Crippen LogP contribution is 2.36. The average molecular weight is 458 g/mol. The molecule has 0 unspecified atom stereocenters. The Morgan fingerprint density at radius 3 is 2.68 bits per heavy atom. The van der Waals surface area contributed by atoms with Crippen LogP contribution in [-0.2, 0) is 16.1 Å². The van der Waals surface area contributed by atoms with Gasteiger partial charge in [0.15, 0.2) is 5.65 Å². The van der Waals surface area contributed by atoms with Crippen LogP contribution < -0.4 is 16.0 Å². The van der Waals surface area contributed by atoms with E-state index in [1.807, 2.05) is 0 Å². The van der Waals surface area contributed by atoms with E-state index in [-0.39, 0.29) is 18.2 Å². The van der Waals surface area contributed by atoms with Crippen molar-refractivity contribution in [1.82, 2.24) is 24.9 Å². The fourth-order valence-electron chi connectivity index (χ4n) is 4.89. The minimum absolute atomic E-state index is 0.0670. The van der Waals surface area contributed by atoms with Crippen molar-refractivity contribution in [2.75, 3.05) is 10.6 Å². The molecule has 1 aliphatic heterocycles. The van der Waals surface area contributed by atoms with Crippen molar-refractivity contribution in [2.24, 2.45) is 0 Å². The molecule has 0 atom stereocenters. The summed E-state index contributed by atoms with van der Waals surface area (Å²) in [4.78, 5) is 33.1. The molecule has 2 amide bonds. The highest BCUT2D eigenvalue weighted by molar-refractivity contribution is 6.15. The quantitative estimate of drug-likeness (QED) is 0.368. The molecule has 1 saturated heterocycles. The minimum atomic E-state index is -0.364. The normalized spacial score (nSPS) is 19.8. The van der Waals surface area contributed by atoms with Gasteiger partial charge < -0.3 is 10.6 Å². The van der Waals surface area contributed by atoms with Crippen LogP contribution in [0.1, 0.15) is 67.6 Å². The van der Waals surface area contributed by atoms with Gasteiger partial charge in [-0.3, -0.25) is 14.9 Å². The number of amides is 2. The summed E-state index contributed by atoms with van der Waals surface area (Å²) in [7, 11) is 0. The van der Waals surface area contributed by atoms with Crippen molar-refractivity contribution in [3.8, 4) is 0 Å². The second kappa shape index (κ2) is 8.55. The Bertz CT molecular complexity index is 1300. The summed E-state index contributed by atoms with van der Waals surface area (Å²) in [5, 5.41) is 13.6. The summed E-state index contributed by atoms with van der Waals surface area (Å²) in [6, 6.07) is 9.00. The summed E-state index contributed by atoms with van der Waals surface area (Å²) < 4.78 is 1.66. The summed E-state index contributed by atoms with van der Waals surface area (Å²) in [6.45, 7) is 0.632. The lowest BCUT2D eigenvalue weighted by Gasteiger charge is -2.16. The van der Waals surface area contributed by atoms with Gasteiger partial charge in [-0.15, -0.1) is 0 Å². The molecule has 3 aliphatic rings. The number of carbonyl (C=O) groups is 2. The van der Waals surface area contributed by atoms with E-state index in [1.165, 1.54) is 36.8 Å². The largest absolute Gasteiger partial charge is 0.351 e. The predicted octanol–water partition coefficient (Wildman–Crippen LogP) is 3.40. The lowest BCUT2D eigenvalue weighted by molar-refractivity contribution is -0.124. The monoisotopic (exact) mass is 457 g/mol. The first-order valence-corrected chi connectivity index (χ1v) is 12.0. The van der Waals surface area contributed by atoms with Crippen LogP contribution in [0.4, 0.5) is 11.9 Å². The molecule has 3 heterocycles. The smallest absolute Gasteiger partial charge is 0.254 e. The van der Waals surface area contributed by atoms with E-state index in [4.69, 9.17) is 9.97 Å². The van der Waals surface area contributed by atoms with E-state index in [0.29, 0.717) is 47.2 Å². The SMILES string of the molecule is O=C1C/C(=C\c2cnn3c(NC4CC4)nc(NCc4ccccc4C4CCCC4)nc23)C(=O)N1. The summed E-state index contributed by atoms with van der Waals surface area (Å²) in [6.07, 6.45) is 10.7. The van der Waals surface area contributed by atoms with Gasteiger partial charge in [0.25, 0.3) is 5.91 Å². The maximum Gasteiger partial charge on any atom is 0.254 e. The molecule has 174 valence electrons. The Hall–Kier alpha value is -3.75. The molecular weight excluding hydrogens is 430 g/mol. The molecule has 3 N–H and O–H groups in total. The summed E-state index contributed by atoms with van der Waals surface area (Å²) in [5.74, 6) is 1.10. The number of rotatable bonds is 7. The van der Waals surface area contributed by atoms with Gasteiger partial charge in [0, 0.05) is 23.7 Å².